The van der Waals surface area contributed by atoms with E-state index >= 15 is 0 Å². The highest BCUT2D eigenvalue weighted by Crippen LogP contribution is 2.27. The fourth-order valence-corrected chi connectivity index (χ4v) is 1.92. The molecule has 0 bridgehead atoms. The Morgan fingerprint density at radius 3 is 2.22 bits per heavy atom. The van der Waals surface area contributed by atoms with Gasteiger partial charge in [0.2, 0.25) is 0 Å². The summed E-state index contributed by atoms with van der Waals surface area (Å²) in [5, 5.41) is 13.0. The second-order valence-corrected chi connectivity index (χ2v) is 5.23. The Morgan fingerprint density at radius 2 is 1.78 bits per heavy atom. The van der Waals surface area contributed by atoms with E-state index in [4.69, 9.17) is 5.11 Å². The second-order valence-electron chi connectivity index (χ2n) is 5.23. The van der Waals surface area contributed by atoms with Gasteiger partial charge in [-0.2, -0.15) is 13.2 Å². The zero-order chi connectivity index (χ0) is 17.6. The first-order chi connectivity index (χ1) is 10.6. The first-order valence-corrected chi connectivity index (χ1v) is 7.08. The van der Waals surface area contributed by atoms with Crippen LogP contribution in [0.3, 0.4) is 0 Å². The van der Waals surface area contributed by atoms with Crippen molar-refractivity contribution in [3.63, 3.8) is 0 Å². The van der Waals surface area contributed by atoms with Gasteiger partial charge in [0.15, 0.2) is 0 Å². The van der Waals surface area contributed by atoms with Crippen LogP contribution in [0.2, 0.25) is 0 Å². The minimum Gasteiger partial charge on any atom is -0.478 e. The summed E-state index contributed by atoms with van der Waals surface area (Å²) >= 11 is 0. The van der Waals surface area contributed by atoms with Crippen molar-refractivity contribution in [1.82, 2.24) is 10.6 Å². The first kappa shape index (κ1) is 18.8. The molecule has 1 rings (SSSR count). The lowest BCUT2D eigenvalue weighted by molar-refractivity contribution is -0.163. The van der Waals surface area contributed by atoms with Crippen molar-refractivity contribution in [2.24, 2.45) is 5.92 Å². The molecule has 0 fully saturated rings. The number of carboxylic acid groups (broad SMARTS) is 1. The first-order valence-electron chi connectivity index (χ1n) is 7.08. The van der Waals surface area contributed by atoms with E-state index in [1.165, 1.54) is 31.2 Å². The Labute approximate surface area is 131 Å². The molecule has 0 saturated heterocycles. The maximum Gasteiger partial charge on any atom is 0.408 e. The number of benzene rings is 1. The van der Waals surface area contributed by atoms with Crippen molar-refractivity contribution in [2.75, 3.05) is 0 Å². The lowest BCUT2D eigenvalue weighted by Gasteiger charge is -2.26. The number of aromatic carboxylic acids is 1. The summed E-state index contributed by atoms with van der Waals surface area (Å²) < 4.78 is 38.7. The van der Waals surface area contributed by atoms with Crippen LogP contribution in [0.25, 0.3) is 0 Å². The van der Waals surface area contributed by atoms with E-state index in [1.807, 2.05) is 5.32 Å². The van der Waals surface area contributed by atoms with E-state index in [-0.39, 0.29) is 18.5 Å². The Kier molecular flexibility index (Phi) is 6.41. The zero-order valence-corrected chi connectivity index (χ0v) is 12.8. The van der Waals surface area contributed by atoms with Gasteiger partial charge in [-0.1, -0.05) is 32.4 Å². The maximum atomic E-state index is 12.9. The molecule has 0 aliphatic heterocycles. The third-order valence-electron chi connectivity index (χ3n) is 3.51. The number of hydrogen-bond acceptors (Lipinski definition) is 2. The molecule has 5 nitrogen and oxygen atoms in total. The molecule has 0 aromatic heterocycles. The van der Waals surface area contributed by atoms with Gasteiger partial charge in [0.05, 0.1) is 5.56 Å². The van der Waals surface area contributed by atoms with Crippen molar-refractivity contribution in [2.45, 2.75) is 39.0 Å². The van der Waals surface area contributed by atoms with Gasteiger partial charge in [-0.15, -0.1) is 0 Å². The quantitative estimate of drug-likeness (QED) is 0.749. The number of carbonyl (C=O) groups is 2. The van der Waals surface area contributed by atoms with Crippen LogP contribution in [-0.4, -0.2) is 29.3 Å². The molecule has 8 heteroatoms. The monoisotopic (exact) mass is 332 g/mol. The molecule has 0 spiro atoms. The molecule has 0 aliphatic rings. The van der Waals surface area contributed by atoms with Crippen LogP contribution in [0.1, 0.15) is 36.2 Å². The Hall–Kier alpha value is -2.25. The summed E-state index contributed by atoms with van der Waals surface area (Å²) in [5.74, 6) is -1.82. The number of amides is 2. The van der Waals surface area contributed by atoms with Gasteiger partial charge >= 0.3 is 18.2 Å². The number of nitrogens with one attached hydrogen (secondary N) is 2. The summed E-state index contributed by atoms with van der Waals surface area (Å²) in [6, 6.07) is 2.85. The SMILES string of the molecule is CCC(C)C(NC(=O)NCc1ccc(C(=O)O)cc1)C(F)(F)F. The Morgan fingerprint density at radius 1 is 1.22 bits per heavy atom. The largest absolute Gasteiger partial charge is 0.478 e. The number of carboxylic acids is 1. The van der Waals surface area contributed by atoms with Crippen LogP contribution in [0.5, 0.6) is 0 Å². The molecule has 2 atom stereocenters. The molecule has 1 aromatic carbocycles. The molecular formula is C15H19F3N2O3. The maximum absolute atomic E-state index is 12.9. The molecule has 0 saturated carbocycles. The number of hydrogen-bond donors (Lipinski definition) is 3. The van der Waals surface area contributed by atoms with Crippen molar-refractivity contribution >= 4 is 12.0 Å². The van der Waals surface area contributed by atoms with Crippen molar-refractivity contribution in [3.8, 4) is 0 Å². The van der Waals surface area contributed by atoms with Gasteiger partial charge in [-0.3, -0.25) is 0 Å². The smallest absolute Gasteiger partial charge is 0.408 e. The predicted molar refractivity (Wildman–Crippen MR) is 78.1 cm³/mol. The van der Waals surface area contributed by atoms with Gasteiger partial charge in [0.1, 0.15) is 6.04 Å². The van der Waals surface area contributed by atoms with Gasteiger partial charge in [0, 0.05) is 6.54 Å². The summed E-state index contributed by atoms with van der Waals surface area (Å²) in [6.07, 6.45) is -4.24. The third kappa shape index (κ3) is 5.80. The van der Waals surface area contributed by atoms with E-state index in [0.717, 1.165) is 0 Å². The van der Waals surface area contributed by atoms with Crippen LogP contribution in [0, 0.1) is 5.92 Å². The molecule has 0 radical (unpaired) electrons. The number of alkyl halides is 3. The summed E-state index contributed by atoms with van der Waals surface area (Å²) in [7, 11) is 0. The number of urea groups is 1. The number of carbonyl (C=O) groups excluding carboxylic acids is 1. The normalized spacial score (nSPS) is 14.0. The number of halogens is 3. The lowest BCUT2D eigenvalue weighted by Crippen LogP contribution is -2.52. The van der Waals surface area contributed by atoms with Crippen molar-refractivity contribution < 1.29 is 27.9 Å². The molecule has 128 valence electrons. The zero-order valence-electron chi connectivity index (χ0n) is 12.8. The Balaban J connectivity index is 2.60. The minimum atomic E-state index is -4.52. The molecule has 23 heavy (non-hydrogen) atoms. The predicted octanol–water partition coefficient (Wildman–Crippen LogP) is 3.16. The van der Waals surface area contributed by atoms with Crippen molar-refractivity contribution in [3.05, 3.63) is 35.4 Å². The summed E-state index contributed by atoms with van der Waals surface area (Å²) in [4.78, 5) is 22.4. The topological polar surface area (TPSA) is 78.4 Å². The van der Waals surface area contributed by atoms with Gasteiger partial charge in [-0.25, -0.2) is 9.59 Å². The summed E-state index contributed by atoms with van der Waals surface area (Å²) in [6.45, 7) is 3.03. The third-order valence-corrected chi connectivity index (χ3v) is 3.51. The van der Waals surface area contributed by atoms with E-state index in [2.05, 4.69) is 5.32 Å². The van der Waals surface area contributed by atoms with Gasteiger partial charge < -0.3 is 15.7 Å². The van der Waals surface area contributed by atoms with E-state index < -0.39 is 30.1 Å². The van der Waals surface area contributed by atoms with Gasteiger partial charge in [-0.05, 0) is 23.6 Å². The van der Waals surface area contributed by atoms with E-state index in [0.29, 0.717) is 5.56 Å². The molecular weight excluding hydrogens is 313 g/mol. The highest BCUT2D eigenvalue weighted by Gasteiger charge is 2.43. The van der Waals surface area contributed by atoms with Crippen LogP contribution >= 0.6 is 0 Å². The molecule has 1 aromatic rings. The fraction of sp³-hybridized carbons (Fsp3) is 0.467. The fourth-order valence-electron chi connectivity index (χ4n) is 1.92. The highest BCUT2D eigenvalue weighted by atomic mass is 19.4. The second kappa shape index (κ2) is 7.85. The molecule has 0 heterocycles. The molecule has 2 amide bonds. The average molecular weight is 332 g/mol. The molecule has 2 unspecified atom stereocenters. The van der Waals surface area contributed by atoms with E-state index in [9.17, 15) is 22.8 Å². The van der Waals surface area contributed by atoms with Gasteiger partial charge in [0.25, 0.3) is 0 Å². The molecule has 3 N–H and O–H groups in total. The van der Waals surface area contributed by atoms with Crippen LogP contribution < -0.4 is 10.6 Å². The standard InChI is InChI=1S/C15H19F3N2O3/c1-3-9(2)12(15(16,17)18)20-14(23)19-8-10-4-6-11(7-5-10)13(21)22/h4-7,9,12H,3,8H2,1-2H3,(H,21,22)(H2,19,20,23). The summed E-state index contributed by atoms with van der Waals surface area (Å²) in [5.41, 5.74) is 0.671. The number of rotatable bonds is 6. The van der Waals surface area contributed by atoms with E-state index in [1.54, 1.807) is 6.92 Å². The highest BCUT2D eigenvalue weighted by molar-refractivity contribution is 5.87. The Bertz CT molecular complexity index is 544. The van der Waals surface area contributed by atoms with Crippen LogP contribution in [0.15, 0.2) is 24.3 Å². The minimum absolute atomic E-state index is 0.00316. The van der Waals surface area contributed by atoms with Crippen molar-refractivity contribution in [1.29, 1.82) is 0 Å². The van der Waals surface area contributed by atoms with Crippen LogP contribution in [-0.2, 0) is 6.54 Å². The van der Waals surface area contributed by atoms with Crippen LogP contribution in [0.4, 0.5) is 18.0 Å². The lowest BCUT2D eigenvalue weighted by atomic mass is 9.99. The molecule has 0 aliphatic carbocycles. The average Bonchev–Trinajstić information content (AvgIpc) is 2.49.